The number of aromatic nitrogens is 2. The van der Waals surface area contributed by atoms with E-state index in [1.807, 2.05) is 0 Å². The number of anilines is 2. The Labute approximate surface area is 251 Å². The molecular formula is C30H30ClF2N5O5. The molecule has 0 spiro atoms. The minimum Gasteiger partial charge on any atom is -0.449 e. The van der Waals surface area contributed by atoms with Gasteiger partial charge >= 0.3 is 6.09 Å². The van der Waals surface area contributed by atoms with Crippen molar-refractivity contribution < 1.29 is 32.6 Å². The van der Waals surface area contributed by atoms with Crippen molar-refractivity contribution in [1.82, 2.24) is 15.3 Å². The molecule has 2 aliphatic heterocycles. The summed E-state index contributed by atoms with van der Waals surface area (Å²) in [6, 6.07) is 6.14. The number of ether oxygens (including phenoxy) is 2. The predicted octanol–water partition coefficient (Wildman–Crippen LogP) is 6.05. The summed E-state index contributed by atoms with van der Waals surface area (Å²) < 4.78 is 39.7. The molecule has 2 atom stereocenters. The van der Waals surface area contributed by atoms with Crippen LogP contribution >= 0.6 is 11.6 Å². The minimum absolute atomic E-state index is 0.109. The van der Waals surface area contributed by atoms with Crippen LogP contribution in [0.15, 0.2) is 42.5 Å². The molecule has 10 nitrogen and oxygen atoms in total. The number of hydrogen-bond donors (Lipinski definition) is 4. The van der Waals surface area contributed by atoms with Gasteiger partial charge in [0.2, 0.25) is 5.91 Å². The highest BCUT2D eigenvalue weighted by Crippen LogP contribution is 2.36. The Hall–Kier alpha value is -4.29. The zero-order chi connectivity index (χ0) is 30.5. The topological polar surface area (TPSA) is 134 Å². The Bertz CT molecular complexity index is 1550. The molecule has 2 aliphatic rings. The standard InChI is InChI=1S/C30H30ClF2N5O5/c1-16-11-20(32)25(21(33)12-16)29(40)36-22-5-3-2-4-6-24(39)35-23-13-18(34-30(41)43-15-17-9-10-42-14-17)7-8-19(23)26-27(31)38-28(22)37-26/h2-3,7-8,11-13,17,22H,4-6,9-10,14-15H2,1H3,(H,34,41)(H,35,39)(H,36,40)(H,37,38)/b3-2-/t17?,22-/m0/s1. The molecule has 2 aromatic carbocycles. The molecule has 4 N–H and O–H groups in total. The average Bonchev–Trinajstić information content (AvgIpc) is 3.60. The molecule has 3 heterocycles. The molecule has 3 amide bonds. The van der Waals surface area contributed by atoms with Gasteiger partial charge in [0.1, 0.15) is 33.9 Å². The third kappa shape index (κ3) is 7.38. The van der Waals surface area contributed by atoms with E-state index in [9.17, 15) is 23.2 Å². The number of nitrogens with zero attached hydrogens (tertiary/aromatic N) is 1. The van der Waals surface area contributed by atoms with Gasteiger partial charge in [-0.3, -0.25) is 14.9 Å². The summed E-state index contributed by atoms with van der Waals surface area (Å²) in [4.78, 5) is 45.7. The highest BCUT2D eigenvalue weighted by Gasteiger charge is 2.26. The first-order valence-electron chi connectivity index (χ1n) is 13.8. The second kappa shape index (κ2) is 13.3. The first-order chi connectivity index (χ1) is 20.7. The number of fused-ring (bicyclic) bond motifs is 4. The fraction of sp³-hybridized carbons (Fsp3) is 0.333. The third-order valence-corrected chi connectivity index (χ3v) is 7.35. The maximum absolute atomic E-state index is 14.5. The molecular weight excluding hydrogens is 584 g/mol. The van der Waals surface area contributed by atoms with Crippen LogP contribution in [-0.2, 0) is 14.3 Å². The number of carbonyl (C=O) groups excluding carboxylic acids is 3. The van der Waals surface area contributed by atoms with E-state index in [1.165, 1.54) is 6.92 Å². The number of rotatable bonds is 5. The van der Waals surface area contributed by atoms with Crippen molar-refractivity contribution in [3.05, 3.63) is 76.2 Å². The number of hydrogen-bond acceptors (Lipinski definition) is 6. The number of benzene rings is 2. The number of nitrogens with one attached hydrogen (secondary N) is 4. The maximum atomic E-state index is 14.5. The number of aryl methyl sites for hydroxylation is 1. The van der Waals surface area contributed by atoms with Crippen molar-refractivity contribution in [2.24, 2.45) is 5.92 Å². The van der Waals surface area contributed by atoms with Crippen LogP contribution in [0.1, 0.15) is 53.5 Å². The number of allylic oxidation sites excluding steroid dienone is 1. The third-order valence-electron chi connectivity index (χ3n) is 7.07. The Morgan fingerprint density at radius 3 is 2.72 bits per heavy atom. The summed E-state index contributed by atoms with van der Waals surface area (Å²) >= 11 is 6.55. The van der Waals surface area contributed by atoms with Gasteiger partial charge < -0.3 is 25.1 Å². The molecule has 0 aliphatic carbocycles. The van der Waals surface area contributed by atoms with Gasteiger partial charge in [-0.25, -0.2) is 18.6 Å². The highest BCUT2D eigenvalue weighted by atomic mass is 35.5. The lowest BCUT2D eigenvalue weighted by Gasteiger charge is -2.16. The normalized spacial score (nSPS) is 19.2. The monoisotopic (exact) mass is 613 g/mol. The number of aromatic amines is 1. The number of amides is 3. The summed E-state index contributed by atoms with van der Waals surface area (Å²) in [7, 11) is 0. The lowest BCUT2D eigenvalue weighted by molar-refractivity contribution is -0.116. The first kappa shape index (κ1) is 30.2. The second-order valence-corrected chi connectivity index (χ2v) is 10.8. The lowest BCUT2D eigenvalue weighted by atomic mass is 10.1. The van der Waals surface area contributed by atoms with E-state index in [2.05, 4.69) is 25.9 Å². The molecule has 0 radical (unpaired) electrons. The van der Waals surface area contributed by atoms with Gasteiger partial charge in [-0.15, -0.1) is 0 Å². The summed E-state index contributed by atoms with van der Waals surface area (Å²) in [5.74, 6) is -2.80. The average molecular weight is 614 g/mol. The van der Waals surface area contributed by atoms with E-state index in [-0.39, 0.29) is 47.9 Å². The van der Waals surface area contributed by atoms with Crippen LogP contribution in [0, 0.1) is 24.5 Å². The Morgan fingerprint density at radius 2 is 1.98 bits per heavy atom. The highest BCUT2D eigenvalue weighted by molar-refractivity contribution is 6.32. The minimum atomic E-state index is -0.979. The number of carbonyl (C=O) groups is 3. The summed E-state index contributed by atoms with van der Waals surface area (Å²) in [5.41, 5.74) is 1.05. The summed E-state index contributed by atoms with van der Waals surface area (Å²) in [6.07, 6.45) is 4.43. The molecule has 3 aromatic rings. The van der Waals surface area contributed by atoms with E-state index in [0.717, 1.165) is 18.6 Å². The fourth-order valence-corrected chi connectivity index (χ4v) is 5.11. The van der Waals surface area contributed by atoms with Crippen molar-refractivity contribution >= 4 is 40.9 Å². The molecule has 1 unspecified atom stereocenters. The Kier molecular flexibility index (Phi) is 9.37. The second-order valence-electron chi connectivity index (χ2n) is 10.4. The number of H-pyrrole nitrogens is 1. The molecule has 1 saturated heterocycles. The molecule has 2 bridgehead atoms. The van der Waals surface area contributed by atoms with Gasteiger partial charge in [0, 0.05) is 30.2 Å². The van der Waals surface area contributed by atoms with Crippen LogP contribution < -0.4 is 16.0 Å². The lowest BCUT2D eigenvalue weighted by Crippen LogP contribution is -2.30. The van der Waals surface area contributed by atoms with Crippen LogP contribution in [0.3, 0.4) is 0 Å². The predicted molar refractivity (Wildman–Crippen MR) is 156 cm³/mol. The van der Waals surface area contributed by atoms with Gasteiger partial charge in [-0.2, -0.15) is 0 Å². The van der Waals surface area contributed by atoms with Crippen LogP contribution in [0.2, 0.25) is 5.15 Å². The number of halogens is 3. The molecule has 226 valence electrons. The molecule has 13 heteroatoms. The van der Waals surface area contributed by atoms with Gasteiger partial charge in [0.05, 0.1) is 24.9 Å². The van der Waals surface area contributed by atoms with Crippen LogP contribution in [-0.4, -0.2) is 47.7 Å². The first-order valence-corrected chi connectivity index (χ1v) is 14.2. The van der Waals surface area contributed by atoms with E-state index in [1.54, 1.807) is 30.4 Å². The Morgan fingerprint density at radius 1 is 1.19 bits per heavy atom. The van der Waals surface area contributed by atoms with Crippen LogP contribution in [0.25, 0.3) is 11.3 Å². The van der Waals surface area contributed by atoms with Crippen molar-refractivity contribution in [3.8, 4) is 11.3 Å². The SMILES string of the molecule is Cc1cc(F)c(C(=O)N[C@H]2C/C=C\CCC(=O)Nc3cc(NC(=O)OCC4CCOC4)ccc3-c3nc2[nH]c3Cl)c(F)c1. The van der Waals surface area contributed by atoms with E-state index >= 15 is 0 Å². The van der Waals surface area contributed by atoms with Gasteiger partial charge in [0.15, 0.2) is 0 Å². The van der Waals surface area contributed by atoms with Crippen LogP contribution in [0.4, 0.5) is 25.0 Å². The zero-order valence-corrected chi connectivity index (χ0v) is 24.0. The van der Waals surface area contributed by atoms with Gasteiger partial charge in [-0.1, -0.05) is 23.8 Å². The molecule has 43 heavy (non-hydrogen) atoms. The van der Waals surface area contributed by atoms with Crippen molar-refractivity contribution in [2.45, 2.75) is 38.6 Å². The molecule has 1 fully saturated rings. The zero-order valence-electron chi connectivity index (χ0n) is 23.3. The molecule has 1 aromatic heterocycles. The quantitative estimate of drug-likeness (QED) is 0.259. The maximum Gasteiger partial charge on any atom is 0.411 e. The molecule has 5 rings (SSSR count). The molecule has 0 saturated carbocycles. The summed E-state index contributed by atoms with van der Waals surface area (Å²) in [5, 5.41) is 8.27. The smallest absolute Gasteiger partial charge is 0.411 e. The van der Waals surface area contributed by atoms with Gasteiger partial charge in [0.25, 0.3) is 5.91 Å². The van der Waals surface area contributed by atoms with E-state index in [4.69, 9.17) is 21.1 Å². The van der Waals surface area contributed by atoms with E-state index < -0.39 is 35.2 Å². The van der Waals surface area contributed by atoms with Crippen LogP contribution in [0.5, 0.6) is 0 Å². The van der Waals surface area contributed by atoms with Crippen molar-refractivity contribution in [3.63, 3.8) is 0 Å². The summed E-state index contributed by atoms with van der Waals surface area (Å²) in [6.45, 7) is 2.94. The Balaban J connectivity index is 1.42. The van der Waals surface area contributed by atoms with E-state index in [0.29, 0.717) is 42.1 Å². The van der Waals surface area contributed by atoms with Crippen molar-refractivity contribution in [1.29, 1.82) is 0 Å². The number of imidazole rings is 1. The fourth-order valence-electron chi connectivity index (χ4n) is 4.87. The van der Waals surface area contributed by atoms with Crippen molar-refractivity contribution in [2.75, 3.05) is 30.5 Å². The largest absolute Gasteiger partial charge is 0.449 e. The van der Waals surface area contributed by atoms with Gasteiger partial charge in [-0.05, 0) is 62.1 Å².